The molecule has 2 aromatic heterocycles. The number of ether oxygens (including phenoxy) is 1. The largest absolute Gasteiger partial charge is 0.471 e. The molecule has 2 rings (SSSR count). The molecule has 0 unspecified atom stereocenters. The lowest BCUT2D eigenvalue weighted by atomic mass is 10.2. The van der Waals surface area contributed by atoms with Crippen LogP contribution in [0.3, 0.4) is 0 Å². The lowest BCUT2D eigenvalue weighted by Gasteiger charge is -2.03. The molecule has 0 radical (unpaired) electrons. The molecule has 0 aliphatic carbocycles. The zero-order chi connectivity index (χ0) is 15.4. The summed E-state index contributed by atoms with van der Waals surface area (Å²) in [7, 11) is 0. The number of nitrogens with two attached hydrogens (primary N) is 2. The normalized spacial score (nSPS) is 10.6. The SMILES string of the molecule is Cc1ncc(C[n+]2csc(CCOC(N)=S)c2C)c(N)n1. The summed E-state index contributed by atoms with van der Waals surface area (Å²) in [5.41, 5.74) is 15.4. The number of hydrogen-bond donors (Lipinski definition) is 2. The van der Waals surface area contributed by atoms with Gasteiger partial charge in [0.05, 0.1) is 17.0 Å². The van der Waals surface area contributed by atoms with Crippen molar-refractivity contribution in [3.8, 4) is 0 Å². The Morgan fingerprint density at radius 1 is 1.48 bits per heavy atom. The molecule has 21 heavy (non-hydrogen) atoms. The van der Waals surface area contributed by atoms with Gasteiger partial charge in [-0.3, -0.25) is 0 Å². The first-order chi connectivity index (χ1) is 9.97. The second kappa shape index (κ2) is 6.77. The summed E-state index contributed by atoms with van der Waals surface area (Å²) in [5.74, 6) is 1.21. The summed E-state index contributed by atoms with van der Waals surface area (Å²) in [6.07, 6.45) is 2.55. The molecule has 0 saturated heterocycles. The van der Waals surface area contributed by atoms with E-state index in [1.54, 1.807) is 17.5 Å². The Morgan fingerprint density at radius 3 is 2.90 bits per heavy atom. The molecule has 0 aliphatic heterocycles. The molecule has 2 heterocycles. The fourth-order valence-electron chi connectivity index (χ4n) is 1.91. The number of aromatic nitrogens is 3. The minimum Gasteiger partial charge on any atom is -0.471 e. The highest BCUT2D eigenvalue weighted by Crippen LogP contribution is 2.14. The van der Waals surface area contributed by atoms with Crippen molar-refractivity contribution in [1.29, 1.82) is 0 Å². The van der Waals surface area contributed by atoms with Crippen LogP contribution in [0.15, 0.2) is 11.7 Å². The fourth-order valence-corrected chi connectivity index (χ4v) is 2.97. The molecule has 0 aromatic carbocycles. The van der Waals surface area contributed by atoms with Crippen molar-refractivity contribution in [2.24, 2.45) is 5.73 Å². The van der Waals surface area contributed by atoms with Gasteiger partial charge in [0.1, 0.15) is 11.6 Å². The van der Waals surface area contributed by atoms with Crippen molar-refractivity contribution in [3.05, 3.63) is 33.7 Å². The van der Waals surface area contributed by atoms with E-state index in [0.29, 0.717) is 24.8 Å². The molecule has 0 saturated carbocycles. The number of aryl methyl sites for hydroxylation is 1. The highest BCUT2D eigenvalue weighted by atomic mass is 32.1. The van der Waals surface area contributed by atoms with Crippen LogP contribution in [0.4, 0.5) is 5.82 Å². The molecule has 0 atom stereocenters. The Labute approximate surface area is 132 Å². The number of thiocarbonyl (C=S) groups is 1. The first-order valence-electron chi connectivity index (χ1n) is 6.44. The zero-order valence-electron chi connectivity index (χ0n) is 12.0. The van der Waals surface area contributed by atoms with Crippen LogP contribution in [0, 0.1) is 13.8 Å². The predicted octanol–water partition coefficient (Wildman–Crippen LogP) is 0.876. The third kappa shape index (κ3) is 4.08. The second-order valence-electron chi connectivity index (χ2n) is 4.60. The summed E-state index contributed by atoms with van der Waals surface area (Å²) in [6.45, 7) is 5.04. The van der Waals surface area contributed by atoms with Crippen LogP contribution in [0.1, 0.15) is 22.0 Å². The van der Waals surface area contributed by atoms with Crippen LogP contribution in [-0.4, -0.2) is 21.7 Å². The second-order valence-corrected chi connectivity index (χ2v) is 5.95. The fraction of sp³-hybridized carbons (Fsp3) is 0.385. The van der Waals surface area contributed by atoms with E-state index in [-0.39, 0.29) is 5.17 Å². The van der Waals surface area contributed by atoms with Crippen molar-refractivity contribution >= 4 is 34.5 Å². The third-order valence-corrected chi connectivity index (χ3v) is 4.35. The van der Waals surface area contributed by atoms with E-state index in [1.807, 2.05) is 6.92 Å². The lowest BCUT2D eigenvalue weighted by molar-refractivity contribution is -0.689. The van der Waals surface area contributed by atoms with Gasteiger partial charge in [0.25, 0.3) is 5.17 Å². The molecule has 112 valence electrons. The number of anilines is 1. The molecule has 2 aromatic rings. The summed E-state index contributed by atoms with van der Waals surface area (Å²) >= 11 is 6.36. The van der Waals surface area contributed by atoms with Gasteiger partial charge in [-0.05, 0) is 19.1 Å². The van der Waals surface area contributed by atoms with Crippen LogP contribution in [0.5, 0.6) is 0 Å². The number of thiazole rings is 1. The highest BCUT2D eigenvalue weighted by molar-refractivity contribution is 7.80. The average molecular weight is 324 g/mol. The van der Waals surface area contributed by atoms with E-state index < -0.39 is 0 Å². The summed E-state index contributed by atoms with van der Waals surface area (Å²) in [5, 5.41) is 0.0849. The van der Waals surface area contributed by atoms with Crippen LogP contribution < -0.4 is 16.0 Å². The van der Waals surface area contributed by atoms with E-state index in [0.717, 1.165) is 12.0 Å². The standard InChI is InChI=1S/C13H17N5OS2/c1-8-11(3-4-19-13(15)20)21-7-18(8)6-10-5-16-9(2)17-12(10)14/h5,7H,3-4,6H2,1-2H3,(H3-,14,15,16,17,20)/p+1. The van der Waals surface area contributed by atoms with Gasteiger partial charge < -0.3 is 16.2 Å². The predicted molar refractivity (Wildman–Crippen MR) is 86.0 cm³/mol. The number of nitrogen functional groups attached to an aromatic ring is 1. The topological polar surface area (TPSA) is 90.9 Å². The maximum atomic E-state index is 5.93. The molecule has 0 spiro atoms. The van der Waals surface area contributed by atoms with E-state index in [2.05, 4.69) is 39.2 Å². The monoisotopic (exact) mass is 324 g/mol. The van der Waals surface area contributed by atoms with Crippen molar-refractivity contribution in [2.45, 2.75) is 26.8 Å². The van der Waals surface area contributed by atoms with Crippen molar-refractivity contribution in [3.63, 3.8) is 0 Å². The Kier molecular flexibility index (Phi) is 5.03. The van der Waals surface area contributed by atoms with Crippen LogP contribution in [-0.2, 0) is 17.7 Å². The van der Waals surface area contributed by atoms with Gasteiger partial charge in [0.15, 0.2) is 12.2 Å². The number of nitrogens with zero attached hydrogens (tertiary/aromatic N) is 3. The Balaban J connectivity index is 2.07. The van der Waals surface area contributed by atoms with Gasteiger partial charge in [-0.2, -0.15) is 4.57 Å². The molecule has 0 aliphatic rings. The van der Waals surface area contributed by atoms with E-state index >= 15 is 0 Å². The van der Waals surface area contributed by atoms with Gasteiger partial charge in [0, 0.05) is 19.5 Å². The summed E-state index contributed by atoms with van der Waals surface area (Å²) in [4.78, 5) is 9.61. The quantitative estimate of drug-likeness (QED) is 0.626. The minimum atomic E-state index is 0.0849. The van der Waals surface area contributed by atoms with Gasteiger partial charge in [-0.1, -0.05) is 11.3 Å². The summed E-state index contributed by atoms with van der Waals surface area (Å²) in [6, 6.07) is 0. The third-order valence-electron chi connectivity index (χ3n) is 3.09. The zero-order valence-corrected chi connectivity index (χ0v) is 13.6. The Morgan fingerprint density at radius 2 is 2.24 bits per heavy atom. The Hall–Kier alpha value is -1.80. The first-order valence-corrected chi connectivity index (χ1v) is 7.72. The highest BCUT2D eigenvalue weighted by Gasteiger charge is 2.17. The maximum Gasteiger partial charge on any atom is 0.253 e. The van der Waals surface area contributed by atoms with Gasteiger partial charge >= 0.3 is 0 Å². The van der Waals surface area contributed by atoms with E-state index in [1.165, 1.54) is 10.6 Å². The molecule has 6 nitrogen and oxygen atoms in total. The lowest BCUT2D eigenvalue weighted by Crippen LogP contribution is -2.35. The average Bonchev–Trinajstić information content (AvgIpc) is 2.74. The molecule has 8 heteroatoms. The van der Waals surface area contributed by atoms with Crippen molar-refractivity contribution in [2.75, 3.05) is 12.3 Å². The smallest absolute Gasteiger partial charge is 0.253 e. The van der Waals surface area contributed by atoms with Gasteiger partial charge in [-0.15, -0.1) is 0 Å². The van der Waals surface area contributed by atoms with E-state index in [4.69, 9.17) is 16.2 Å². The van der Waals surface area contributed by atoms with Crippen LogP contribution in [0.25, 0.3) is 0 Å². The molecular formula is C13H18N5OS2+. The van der Waals surface area contributed by atoms with Gasteiger partial charge in [-0.25, -0.2) is 9.97 Å². The molecule has 4 N–H and O–H groups in total. The molecule has 0 bridgehead atoms. The molecular weight excluding hydrogens is 306 g/mol. The number of rotatable bonds is 5. The van der Waals surface area contributed by atoms with Crippen LogP contribution in [0.2, 0.25) is 0 Å². The molecule has 0 amide bonds. The van der Waals surface area contributed by atoms with Crippen molar-refractivity contribution in [1.82, 2.24) is 9.97 Å². The minimum absolute atomic E-state index is 0.0849. The Bertz CT molecular complexity index is 656. The van der Waals surface area contributed by atoms with Gasteiger partial charge in [0.2, 0.25) is 5.51 Å². The molecule has 0 fully saturated rings. The van der Waals surface area contributed by atoms with Crippen molar-refractivity contribution < 1.29 is 9.30 Å². The summed E-state index contributed by atoms with van der Waals surface area (Å²) < 4.78 is 7.26. The van der Waals surface area contributed by atoms with E-state index in [9.17, 15) is 0 Å². The maximum absolute atomic E-state index is 5.93. The number of hydrogen-bond acceptors (Lipinski definition) is 6. The first kappa shape index (κ1) is 15.6. The van der Waals surface area contributed by atoms with Crippen LogP contribution >= 0.6 is 23.6 Å².